The molecule has 4 nitrogen and oxygen atoms in total. The van der Waals surface area contributed by atoms with Gasteiger partial charge in [0.25, 0.3) is 5.54 Å². The van der Waals surface area contributed by atoms with Gasteiger partial charge in [0.05, 0.1) is 6.54 Å². The van der Waals surface area contributed by atoms with Gasteiger partial charge >= 0.3 is 0 Å². The van der Waals surface area contributed by atoms with E-state index in [1.165, 1.54) is 12.8 Å². The van der Waals surface area contributed by atoms with Gasteiger partial charge in [-0.15, -0.1) is 0 Å². The quantitative estimate of drug-likeness (QED) is 0.594. The summed E-state index contributed by atoms with van der Waals surface area (Å²) in [6.07, 6.45) is 4.02. The topological polar surface area (TPSA) is 46.4 Å². The number of piperidine rings is 1. The molecular formula is C14H18N2O2. The standard InChI is InChI=1S/C14H18N2O2/c17-16(18)14(12-5-2-1-3-6-12)9-8-13-7-4-10-15(13)11-14/h1-3,5-6,13H,4,7-11H2/t13-,14-/m1/s1. The number of hydrogen-bond acceptors (Lipinski definition) is 3. The lowest BCUT2D eigenvalue weighted by molar-refractivity contribution is -0.585. The average molecular weight is 246 g/mol. The molecular weight excluding hydrogens is 228 g/mol. The van der Waals surface area contributed by atoms with Crippen molar-refractivity contribution in [3.8, 4) is 0 Å². The van der Waals surface area contributed by atoms with E-state index in [-0.39, 0.29) is 4.92 Å². The Bertz CT molecular complexity index is 448. The molecule has 0 amide bonds. The van der Waals surface area contributed by atoms with Crippen molar-refractivity contribution >= 4 is 0 Å². The van der Waals surface area contributed by atoms with E-state index in [4.69, 9.17) is 0 Å². The van der Waals surface area contributed by atoms with Crippen LogP contribution in [-0.4, -0.2) is 29.0 Å². The van der Waals surface area contributed by atoms with Crippen molar-refractivity contribution in [2.24, 2.45) is 0 Å². The predicted molar refractivity (Wildman–Crippen MR) is 68.9 cm³/mol. The SMILES string of the molecule is O=[N+]([O-])[C@]1(c2ccccc2)CC[C@H]2CCCN2C1. The highest BCUT2D eigenvalue weighted by molar-refractivity contribution is 5.24. The first-order valence-electron chi connectivity index (χ1n) is 6.66. The van der Waals surface area contributed by atoms with E-state index in [1.54, 1.807) is 0 Å². The Morgan fingerprint density at radius 1 is 1.28 bits per heavy atom. The number of rotatable bonds is 2. The molecule has 0 saturated carbocycles. The fraction of sp³-hybridized carbons (Fsp3) is 0.571. The zero-order chi connectivity index (χ0) is 12.6. The van der Waals surface area contributed by atoms with E-state index in [0.717, 1.165) is 18.5 Å². The third-order valence-electron chi connectivity index (χ3n) is 4.52. The Kier molecular flexibility index (Phi) is 2.82. The highest BCUT2D eigenvalue weighted by Crippen LogP contribution is 2.39. The van der Waals surface area contributed by atoms with E-state index in [9.17, 15) is 10.1 Å². The Labute approximate surface area is 107 Å². The number of fused-ring (bicyclic) bond motifs is 1. The van der Waals surface area contributed by atoms with Gasteiger partial charge in [-0.3, -0.25) is 15.0 Å². The van der Waals surface area contributed by atoms with Crippen LogP contribution < -0.4 is 0 Å². The molecule has 2 atom stereocenters. The summed E-state index contributed by atoms with van der Waals surface area (Å²) < 4.78 is 0. The minimum atomic E-state index is -0.887. The van der Waals surface area contributed by atoms with Gasteiger partial charge in [-0.1, -0.05) is 30.3 Å². The van der Waals surface area contributed by atoms with E-state index in [0.29, 0.717) is 19.0 Å². The summed E-state index contributed by atoms with van der Waals surface area (Å²) in [5.41, 5.74) is -0.0254. The summed E-state index contributed by atoms with van der Waals surface area (Å²) in [4.78, 5) is 13.9. The van der Waals surface area contributed by atoms with Crippen LogP contribution in [-0.2, 0) is 5.54 Å². The Balaban J connectivity index is 1.96. The molecule has 0 aliphatic carbocycles. The second kappa shape index (κ2) is 4.35. The summed E-state index contributed by atoms with van der Waals surface area (Å²) in [7, 11) is 0. The minimum absolute atomic E-state index is 0.0587. The highest BCUT2D eigenvalue weighted by Gasteiger charge is 2.51. The molecule has 2 heterocycles. The van der Waals surface area contributed by atoms with Crippen LogP contribution in [0.15, 0.2) is 30.3 Å². The normalized spacial score (nSPS) is 32.1. The van der Waals surface area contributed by atoms with Crippen molar-refractivity contribution in [1.82, 2.24) is 4.90 Å². The second-order valence-electron chi connectivity index (χ2n) is 5.46. The largest absolute Gasteiger partial charge is 0.293 e. The van der Waals surface area contributed by atoms with E-state index < -0.39 is 5.54 Å². The van der Waals surface area contributed by atoms with Crippen LogP contribution in [0.3, 0.4) is 0 Å². The maximum atomic E-state index is 11.6. The third-order valence-corrected chi connectivity index (χ3v) is 4.52. The molecule has 0 aromatic heterocycles. The van der Waals surface area contributed by atoms with Crippen LogP contribution in [0.5, 0.6) is 0 Å². The van der Waals surface area contributed by atoms with Crippen molar-refractivity contribution in [1.29, 1.82) is 0 Å². The summed E-state index contributed by atoms with van der Waals surface area (Å²) in [6.45, 7) is 1.60. The van der Waals surface area contributed by atoms with Gasteiger partial charge in [-0.05, 0) is 25.8 Å². The highest BCUT2D eigenvalue weighted by atomic mass is 16.6. The Morgan fingerprint density at radius 2 is 2.06 bits per heavy atom. The maximum absolute atomic E-state index is 11.6. The molecule has 18 heavy (non-hydrogen) atoms. The molecule has 96 valence electrons. The van der Waals surface area contributed by atoms with Crippen LogP contribution in [0.25, 0.3) is 0 Å². The van der Waals surface area contributed by atoms with Crippen molar-refractivity contribution in [3.63, 3.8) is 0 Å². The first kappa shape index (κ1) is 11.7. The van der Waals surface area contributed by atoms with Crippen molar-refractivity contribution in [2.75, 3.05) is 13.1 Å². The summed E-state index contributed by atoms with van der Waals surface area (Å²) in [6, 6.07) is 10.1. The molecule has 2 aliphatic heterocycles. The molecule has 0 spiro atoms. The fourth-order valence-electron chi connectivity index (χ4n) is 3.49. The minimum Gasteiger partial charge on any atom is -0.293 e. The summed E-state index contributed by atoms with van der Waals surface area (Å²) in [5.74, 6) is 0. The summed E-state index contributed by atoms with van der Waals surface area (Å²) in [5, 5.41) is 11.6. The Hall–Kier alpha value is -1.42. The van der Waals surface area contributed by atoms with Crippen LogP contribution in [0.1, 0.15) is 31.2 Å². The molecule has 4 heteroatoms. The lowest BCUT2D eigenvalue weighted by atomic mass is 9.81. The fourth-order valence-corrected chi connectivity index (χ4v) is 3.49. The molecule has 2 aliphatic rings. The first-order valence-corrected chi connectivity index (χ1v) is 6.66. The van der Waals surface area contributed by atoms with Crippen LogP contribution in [0.2, 0.25) is 0 Å². The molecule has 0 radical (unpaired) electrons. The van der Waals surface area contributed by atoms with Gasteiger partial charge in [0, 0.05) is 22.9 Å². The van der Waals surface area contributed by atoms with E-state index in [2.05, 4.69) is 4.90 Å². The second-order valence-corrected chi connectivity index (χ2v) is 5.46. The zero-order valence-electron chi connectivity index (χ0n) is 10.4. The van der Waals surface area contributed by atoms with Gasteiger partial charge < -0.3 is 0 Å². The summed E-state index contributed by atoms with van der Waals surface area (Å²) >= 11 is 0. The van der Waals surface area contributed by atoms with Gasteiger partial charge in [0.2, 0.25) is 0 Å². The molecule has 0 bridgehead atoms. The van der Waals surface area contributed by atoms with Crippen LogP contribution in [0, 0.1) is 10.1 Å². The van der Waals surface area contributed by atoms with Crippen molar-refractivity contribution in [2.45, 2.75) is 37.3 Å². The van der Waals surface area contributed by atoms with Gasteiger partial charge in [-0.25, -0.2) is 0 Å². The number of benzene rings is 1. The van der Waals surface area contributed by atoms with Gasteiger partial charge in [0.15, 0.2) is 0 Å². The van der Waals surface area contributed by atoms with Gasteiger partial charge in [0.1, 0.15) is 0 Å². The molecule has 0 N–H and O–H groups in total. The molecule has 0 unspecified atom stereocenters. The average Bonchev–Trinajstić information content (AvgIpc) is 2.86. The lowest BCUT2D eigenvalue weighted by Gasteiger charge is -2.38. The smallest absolute Gasteiger partial charge is 0.259 e. The number of hydrogen-bond donors (Lipinski definition) is 0. The molecule has 2 saturated heterocycles. The van der Waals surface area contributed by atoms with Gasteiger partial charge in [-0.2, -0.15) is 0 Å². The molecule has 2 fully saturated rings. The third kappa shape index (κ3) is 1.72. The maximum Gasteiger partial charge on any atom is 0.259 e. The first-order chi connectivity index (χ1) is 8.72. The van der Waals surface area contributed by atoms with E-state index >= 15 is 0 Å². The zero-order valence-corrected chi connectivity index (χ0v) is 10.4. The molecule has 1 aromatic carbocycles. The van der Waals surface area contributed by atoms with Crippen molar-refractivity contribution < 1.29 is 4.92 Å². The molecule has 1 aromatic rings. The lowest BCUT2D eigenvalue weighted by Crippen LogP contribution is -2.52. The van der Waals surface area contributed by atoms with Crippen molar-refractivity contribution in [3.05, 3.63) is 46.0 Å². The monoisotopic (exact) mass is 246 g/mol. The van der Waals surface area contributed by atoms with Crippen LogP contribution in [0.4, 0.5) is 0 Å². The van der Waals surface area contributed by atoms with E-state index in [1.807, 2.05) is 30.3 Å². The molecule has 3 rings (SSSR count). The number of nitro groups is 1. The van der Waals surface area contributed by atoms with Crippen LogP contribution >= 0.6 is 0 Å². The number of nitrogens with zero attached hydrogens (tertiary/aromatic N) is 2. The predicted octanol–water partition coefficient (Wildman–Crippen LogP) is 2.42. The Morgan fingerprint density at radius 3 is 2.78 bits per heavy atom.